The molecule has 0 aromatic carbocycles. The highest BCUT2D eigenvalue weighted by Crippen LogP contribution is 1.76. The van der Waals surface area contributed by atoms with Crippen LogP contribution in [0.15, 0.2) is 12.5 Å². The van der Waals surface area contributed by atoms with Crippen molar-refractivity contribution >= 4 is 6.47 Å². The van der Waals surface area contributed by atoms with Crippen LogP contribution in [0.3, 0.4) is 0 Å². The maximum absolute atomic E-state index is 9.05. The molecule has 3 heteroatoms. The van der Waals surface area contributed by atoms with Gasteiger partial charge in [-0.25, -0.2) is 4.79 Å². The van der Waals surface area contributed by atoms with Crippen LogP contribution in [-0.2, 0) is 9.53 Å². The Labute approximate surface area is 34.8 Å². The molecule has 0 aromatic rings. The quantitative estimate of drug-likeness (QED) is 0.486. The second-order valence-corrected chi connectivity index (χ2v) is 0.579. The molecule has 0 spiro atoms. The Balaban J connectivity index is 3.05. The van der Waals surface area contributed by atoms with Gasteiger partial charge < -0.3 is 9.84 Å². The van der Waals surface area contributed by atoms with Crippen molar-refractivity contribution in [1.29, 1.82) is 0 Å². The highest BCUT2D eigenvalue weighted by Gasteiger charge is 1.79. The van der Waals surface area contributed by atoms with Crippen molar-refractivity contribution in [2.75, 3.05) is 0 Å². The lowest BCUT2D eigenvalue weighted by Gasteiger charge is -1.82. The first kappa shape index (κ1) is 5.01. The molecule has 0 saturated carbocycles. The number of hydrogen-bond acceptors (Lipinski definition) is 3. The first-order valence-electron chi connectivity index (χ1n) is 1.19. The third-order valence-corrected chi connectivity index (χ3v) is 0.159. The number of rotatable bonds is 2. The minimum atomic E-state index is -0.634. The van der Waals surface area contributed by atoms with Crippen molar-refractivity contribution in [2.24, 2.45) is 0 Å². The molecule has 0 heterocycles. The maximum atomic E-state index is 9.05. The number of carbonyl (C=O) groups excluding carboxylic acids is 1. The largest absolute Gasteiger partial charge is 0.481 e. The van der Waals surface area contributed by atoms with Gasteiger partial charge in [0.1, 0.15) is 0 Å². The summed E-state index contributed by atoms with van der Waals surface area (Å²) < 4.78 is 3.60. The molecule has 33 valence electrons. The Bertz CT molecular complexity index is 66.4. The molecular formula is C3H3O3. The second-order valence-electron chi connectivity index (χ2n) is 0.579. The van der Waals surface area contributed by atoms with Gasteiger partial charge in [-0.3, -0.25) is 0 Å². The highest BCUT2D eigenvalue weighted by molar-refractivity contribution is 5.39. The van der Waals surface area contributed by atoms with Crippen molar-refractivity contribution in [3.8, 4) is 0 Å². The first-order chi connectivity index (χ1) is 2.77. The second kappa shape index (κ2) is 2.26. The molecular weight excluding hydrogens is 84.0 g/mol. The summed E-state index contributed by atoms with van der Waals surface area (Å²) in [6.45, 7) is 3.78. The molecule has 0 atom stereocenters. The average molecular weight is 87.1 g/mol. The summed E-state index contributed by atoms with van der Waals surface area (Å²) in [5.74, 6) is -0.634. The average Bonchev–Trinajstić information content (AvgIpc) is 1.35. The van der Waals surface area contributed by atoms with E-state index in [4.69, 9.17) is 9.90 Å². The molecule has 1 radical (unpaired) electrons. The zero-order valence-corrected chi connectivity index (χ0v) is 2.97. The van der Waals surface area contributed by atoms with Crippen LogP contribution >= 0.6 is 0 Å². The smallest absolute Gasteiger partial charge is 0.425 e. The van der Waals surface area contributed by atoms with Gasteiger partial charge in [-0.1, -0.05) is 0 Å². The van der Waals surface area contributed by atoms with E-state index in [2.05, 4.69) is 11.3 Å². The zero-order valence-electron chi connectivity index (χ0n) is 2.97. The molecule has 0 amide bonds. The van der Waals surface area contributed by atoms with Crippen LogP contribution in [0.4, 0.5) is 0 Å². The number of hydrogen-bond donors (Lipinski definition) is 1. The third-order valence-electron chi connectivity index (χ3n) is 0.159. The Hall–Kier alpha value is -0.990. The van der Waals surface area contributed by atoms with Gasteiger partial charge in [0, 0.05) is 0 Å². The standard InChI is InChI=1S/C3H3O3/c1-3(5)6-2-4/h5H,1H2. The predicted octanol–water partition coefficient (Wildman–Crippen LogP) is 0.0994. The Kier molecular flexibility index (Phi) is 1.89. The van der Waals surface area contributed by atoms with E-state index >= 15 is 0 Å². The van der Waals surface area contributed by atoms with Crippen molar-refractivity contribution < 1.29 is 14.6 Å². The molecule has 0 aliphatic rings. The van der Waals surface area contributed by atoms with E-state index in [1.807, 2.05) is 0 Å². The predicted molar refractivity (Wildman–Crippen MR) is 18.5 cm³/mol. The van der Waals surface area contributed by atoms with Crippen molar-refractivity contribution in [1.82, 2.24) is 0 Å². The normalized spacial score (nSPS) is 6.67. The summed E-state index contributed by atoms with van der Waals surface area (Å²) in [4.78, 5) is 9.05. The summed E-state index contributed by atoms with van der Waals surface area (Å²) in [6.07, 6.45) is 0. The summed E-state index contributed by atoms with van der Waals surface area (Å²) >= 11 is 0. The van der Waals surface area contributed by atoms with Crippen molar-refractivity contribution in [3.05, 3.63) is 12.5 Å². The molecule has 0 aliphatic heterocycles. The molecule has 0 aromatic heterocycles. The van der Waals surface area contributed by atoms with Crippen LogP contribution in [0.1, 0.15) is 0 Å². The third kappa shape index (κ3) is 3.01. The van der Waals surface area contributed by atoms with E-state index in [9.17, 15) is 0 Å². The van der Waals surface area contributed by atoms with E-state index in [0.29, 0.717) is 0 Å². The number of aliphatic hydroxyl groups is 1. The van der Waals surface area contributed by atoms with Gasteiger partial charge >= 0.3 is 6.47 Å². The van der Waals surface area contributed by atoms with Gasteiger partial charge in [0.25, 0.3) is 5.95 Å². The fourth-order valence-electron chi connectivity index (χ4n) is 0.0481. The Morgan fingerprint density at radius 3 is 2.50 bits per heavy atom. The van der Waals surface area contributed by atoms with Gasteiger partial charge in [0.2, 0.25) is 0 Å². The molecule has 0 aliphatic carbocycles. The van der Waals surface area contributed by atoms with Crippen LogP contribution in [0.5, 0.6) is 0 Å². The summed E-state index contributed by atoms with van der Waals surface area (Å²) in [5, 5.41) is 7.87. The van der Waals surface area contributed by atoms with Crippen LogP contribution < -0.4 is 0 Å². The zero-order chi connectivity index (χ0) is 4.99. The van der Waals surface area contributed by atoms with E-state index < -0.39 is 5.95 Å². The fourth-order valence-corrected chi connectivity index (χ4v) is 0.0481. The van der Waals surface area contributed by atoms with Crippen LogP contribution in [0.25, 0.3) is 0 Å². The highest BCUT2D eigenvalue weighted by atomic mass is 16.6. The monoisotopic (exact) mass is 87.0 g/mol. The molecule has 0 bridgehead atoms. The van der Waals surface area contributed by atoms with E-state index in [0.717, 1.165) is 6.47 Å². The van der Waals surface area contributed by atoms with E-state index in [1.54, 1.807) is 0 Å². The maximum Gasteiger partial charge on any atom is 0.425 e. The number of ether oxygens (including phenoxy) is 1. The summed E-state index contributed by atoms with van der Waals surface area (Å²) in [5.41, 5.74) is 0. The molecule has 0 rings (SSSR count). The summed E-state index contributed by atoms with van der Waals surface area (Å²) in [7, 11) is 0. The van der Waals surface area contributed by atoms with Gasteiger partial charge in [-0.15, -0.1) is 0 Å². The Morgan fingerprint density at radius 2 is 2.50 bits per heavy atom. The summed E-state index contributed by atoms with van der Waals surface area (Å²) in [6, 6.07) is 0. The minimum Gasteiger partial charge on any atom is -0.481 e. The molecule has 3 nitrogen and oxygen atoms in total. The van der Waals surface area contributed by atoms with E-state index in [-0.39, 0.29) is 0 Å². The minimum absolute atomic E-state index is 0.634. The Morgan fingerprint density at radius 1 is 2.00 bits per heavy atom. The van der Waals surface area contributed by atoms with Gasteiger partial charge in [0.05, 0.1) is 0 Å². The van der Waals surface area contributed by atoms with Crippen molar-refractivity contribution in [3.63, 3.8) is 0 Å². The van der Waals surface area contributed by atoms with Gasteiger partial charge in [0.15, 0.2) is 0 Å². The molecule has 1 N–H and O–H groups in total. The fraction of sp³-hybridized carbons (Fsp3) is 0. The van der Waals surface area contributed by atoms with Gasteiger partial charge in [-0.05, 0) is 6.58 Å². The first-order valence-corrected chi connectivity index (χ1v) is 1.19. The molecule has 0 unspecified atom stereocenters. The van der Waals surface area contributed by atoms with Crippen LogP contribution in [0.2, 0.25) is 0 Å². The number of aliphatic hydroxyl groups excluding tert-OH is 1. The lowest BCUT2D eigenvalue weighted by Crippen LogP contribution is -1.81. The SMILES string of the molecule is C=C(O)O[C]=O. The van der Waals surface area contributed by atoms with Crippen LogP contribution in [0, 0.1) is 0 Å². The lowest BCUT2D eigenvalue weighted by molar-refractivity contribution is 0.193. The van der Waals surface area contributed by atoms with E-state index in [1.165, 1.54) is 0 Å². The molecule has 0 fully saturated rings. The van der Waals surface area contributed by atoms with Crippen molar-refractivity contribution in [2.45, 2.75) is 0 Å². The molecule has 0 saturated heterocycles. The molecule has 6 heavy (non-hydrogen) atoms. The van der Waals surface area contributed by atoms with Crippen LogP contribution in [-0.4, -0.2) is 11.6 Å². The van der Waals surface area contributed by atoms with Gasteiger partial charge in [-0.2, -0.15) is 0 Å². The topological polar surface area (TPSA) is 46.5 Å². The lowest BCUT2D eigenvalue weighted by atomic mass is 11.0.